The van der Waals surface area contributed by atoms with E-state index in [9.17, 15) is 22.8 Å². The van der Waals surface area contributed by atoms with Gasteiger partial charge in [-0.25, -0.2) is 13.2 Å². The van der Waals surface area contributed by atoms with Crippen molar-refractivity contribution in [2.24, 2.45) is 0 Å². The largest absolute Gasteiger partial charge is 0.487 e. The molecule has 0 aliphatic carbocycles. The summed E-state index contributed by atoms with van der Waals surface area (Å²) in [5.41, 5.74) is -0.580. The van der Waals surface area contributed by atoms with Crippen molar-refractivity contribution < 1.29 is 27.8 Å². The molecule has 0 spiro atoms. The van der Waals surface area contributed by atoms with E-state index in [1.807, 2.05) is 0 Å². The minimum absolute atomic E-state index is 0.0558. The lowest BCUT2D eigenvalue weighted by Gasteiger charge is -2.16. The number of halogens is 4. The fraction of sp³-hybridized carbons (Fsp3) is 0.217. The summed E-state index contributed by atoms with van der Waals surface area (Å²) in [7, 11) is 0. The van der Waals surface area contributed by atoms with Gasteiger partial charge in [0, 0.05) is 42.1 Å². The maximum Gasteiger partial charge on any atom is 0.277 e. The third-order valence-corrected chi connectivity index (χ3v) is 5.12. The van der Waals surface area contributed by atoms with Gasteiger partial charge in [0.2, 0.25) is 0 Å². The molecule has 2 aromatic carbocycles. The molecule has 0 saturated carbocycles. The molecular weight excluding hydrogens is 461 g/mol. The fourth-order valence-electron chi connectivity index (χ4n) is 3.09. The first kappa shape index (κ1) is 24.3. The topological polar surface area (TPSA) is 80.6 Å². The van der Waals surface area contributed by atoms with E-state index in [1.165, 1.54) is 31.2 Å². The van der Waals surface area contributed by atoms with Crippen LogP contribution < -0.4 is 15.6 Å². The third kappa shape index (κ3) is 5.55. The number of hydrogen-bond acceptors (Lipinski definition) is 4. The molecule has 0 aliphatic rings. The lowest BCUT2D eigenvalue weighted by atomic mass is 10.1. The summed E-state index contributed by atoms with van der Waals surface area (Å²) >= 11 is 6.15. The number of rotatable bonds is 8. The SMILES string of the molecule is Cc1cc(OCc2ccc(F)cc2F)c(Cl)c(=O)n1-c1cc(C(=O)NCCCO)ccc1F. The van der Waals surface area contributed by atoms with E-state index in [-0.39, 0.29) is 53.0 Å². The molecule has 0 radical (unpaired) electrons. The zero-order valence-corrected chi connectivity index (χ0v) is 18.3. The van der Waals surface area contributed by atoms with Crippen molar-refractivity contribution in [2.75, 3.05) is 13.2 Å². The van der Waals surface area contributed by atoms with Crippen molar-refractivity contribution in [2.45, 2.75) is 20.0 Å². The van der Waals surface area contributed by atoms with Gasteiger partial charge in [0.15, 0.2) is 0 Å². The molecule has 1 heterocycles. The van der Waals surface area contributed by atoms with Crippen LogP contribution in [0.4, 0.5) is 13.2 Å². The Hall–Kier alpha value is -3.30. The number of nitrogens with one attached hydrogen (secondary N) is 1. The molecule has 0 saturated heterocycles. The predicted molar refractivity (Wildman–Crippen MR) is 116 cm³/mol. The summed E-state index contributed by atoms with van der Waals surface area (Å²) in [6.07, 6.45) is 0.358. The van der Waals surface area contributed by atoms with E-state index in [2.05, 4.69) is 5.32 Å². The first-order valence-corrected chi connectivity index (χ1v) is 10.3. The number of pyridine rings is 1. The lowest BCUT2D eigenvalue weighted by Crippen LogP contribution is -2.26. The quantitative estimate of drug-likeness (QED) is 0.479. The first-order chi connectivity index (χ1) is 15.7. The van der Waals surface area contributed by atoms with Gasteiger partial charge in [0.25, 0.3) is 11.5 Å². The summed E-state index contributed by atoms with van der Waals surface area (Å²) in [5, 5.41) is 11.0. The van der Waals surface area contributed by atoms with Crippen molar-refractivity contribution >= 4 is 17.5 Å². The first-order valence-electron chi connectivity index (χ1n) is 9.90. The summed E-state index contributed by atoms with van der Waals surface area (Å²) in [6.45, 7) is 1.33. The number of benzene rings is 2. The molecule has 10 heteroatoms. The highest BCUT2D eigenvalue weighted by molar-refractivity contribution is 6.31. The van der Waals surface area contributed by atoms with Crippen LogP contribution in [0.2, 0.25) is 5.02 Å². The van der Waals surface area contributed by atoms with Crippen LogP contribution >= 0.6 is 11.6 Å². The Kier molecular flexibility index (Phi) is 7.78. The Morgan fingerprint density at radius 3 is 2.58 bits per heavy atom. The average Bonchev–Trinajstić information content (AvgIpc) is 2.77. The molecule has 1 amide bonds. The van der Waals surface area contributed by atoms with E-state index in [0.717, 1.165) is 16.7 Å². The number of aliphatic hydroxyl groups excluding tert-OH is 1. The van der Waals surface area contributed by atoms with Gasteiger partial charge in [-0.1, -0.05) is 11.6 Å². The minimum atomic E-state index is -0.813. The molecule has 0 aliphatic heterocycles. The zero-order chi connectivity index (χ0) is 24.1. The molecule has 0 unspecified atom stereocenters. The third-order valence-electron chi connectivity index (χ3n) is 4.77. The van der Waals surface area contributed by atoms with E-state index < -0.39 is 28.9 Å². The fourth-order valence-corrected chi connectivity index (χ4v) is 3.28. The van der Waals surface area contributed by atoms with Gasteiger partial charge in [-0.3, -0.25) is 14.2 Å². The molecule has 0 fully saturated rings. The van der Waals surface area contributed by atoms with Crippen LogP contribution in [0, 0.1) is 24.4 Å². The Balaban J connectivity index is 1.92. The highest BCUT2D eigenvalue weighted by Crippen LogP contribution is 2.26. The van der Waals surface area contributed by atoms with Crippen LogP contribution in [-0.4, -0.2) is 28.7 Å². The van der Waals surface area contributed by atoms with E-state index >= 15 is 0 Å². The van der Waals surface area contributed by atoms with Gasteiger partial charge in [-0.2, -0.15) is 0 Å². The maximum absolute atomic E-state index is 14.6. The molecule has 3 rings (SSSR count). The summed E-state index contributed by atoms with van der Waals surface area (Å²) < 4.78 is 47.9. The van der Waals surface area contributed by atoms with Crippen molar-refractivity contribution in [1.82, 2.24) is 9.88 Å². The number of carbonyl (C=O) groups excluding carboxylic acids is 1. The molecule has 3 aromatic rings. The van der Waals surface area contributed by atoms with E-state index in [4.69, 9.17) is 21.4 Å². The highest BCUT2D eigenvalue weighted by atomic mass is 35.5. The molecule has 33 heavy (non-hydrogen) atoms. The standard InChI is InChI=1S/C23H20ClF3N2O4/c1-13-9-20(33-12-15-3-5-16(25)11-18(15)27)21(24)23(32)29(13)19-10-14(4-6-17(19)26)22(31)28-7-2-8-30/h3-6,9-11,30H,2,7-8,12H2,1H3,(H,28,31). The van der Waals surface area contributed by atoms with Crippen LogP contribution in [0.15, 0.2) is 47.3 Å². The Labute approximate surface area is 192 Å². The van der Waals surface area contributed by atoms with E-state index in [1.54, 1.807) is 0 Å². The second kappa shape index (κ2) is 10.5. The number of amides is 1. The van der Waals surface area contributed by atoms with Gasteiger partial charge < -0.3 is 15.2 Å². The van der Waals surface area contributed by atoms with Crippen molar-refractivity contribution in [3.05, 3.63) is 92.1 Å². The summed E-state index contributed by atoms with van der Waals surface area (Å²) in [4.78, 5) is 25.2. The van der Waals surface area contributed by atoms with Gasteiger partial charge in [0.1, 0.15) is 34.8 Å². The number of carbonyl (C=O) groups is 1. The maximum atomic E-state index is 14.6. The minimum Gasteiger partial charge on any atom is -0.487 e. The Bertz CT molecular complexity index is 1250. The molecular formula is C23H20ClF3N2O4. The second-order valence-electron chi connectivity index (χ2n) is 7.13. The smallest absolute Gasteiger partial charge is 0.277 e. The van der Waals surface area contributed by atoms with Crippen molar-refractivity contribution in [1.29, 1.82) is 0 Å². The second-order valence-corrected chi connectivity index (χ2v) is 7.51. The monoisotopic (exact) mass is 480 g/mol. The number of hydrogen-bond donors (Lipinski definition) is 2. The van der Waals surface area contributed by atoms with Crippen LogP contribution in [0.25, 0.3) is 5.69 Å². The molecule has 174 valence electrons. The molecule has 0 bridgehead atoms. The zero-order valence-electron chi connectivity index (χ0n) is 17.5. The molecule has 0 atom stereocenters. The number of aryl methyl sites for hydroxylation is 1. The summed E-state index contributed by atoms with van der Waals surface area (Å²) in [6, 6.07) is 7.89. The predicted octanol–water partition coefficient (Wildman–Crippen LogP) is 3.91. The van der Waals surface area contributed by atoms with Crippen LogP contribution in [-0.2, 0) is 6.61 Å². The Morgan fingerprint density at radius 1 is 1.12 bits per heavy atom. The number of nitrogens with zero attached hydrogens (tertiary/aromatic N) is 1. The summed E-state index contributed by atoms with van der Waals surface area (Å²) in [5.74, 6) is -2.86. The van der Waals surface area contributed by atoms with Crippen LogP contribution in [0.5, 0.6) is 5.75 Å². The average molecular weight is 481 g/mol. The molecule has 2 N–H and O–H groups in total. The van der Waals surface area contributed by atoms with Crippen molar-refractivity contribution in [3.63, 3.8) is 0 Å². The number of aromatic nitrogens is 1. The van der Waals surface area contributed by atoms with Gasteiger partial charge in [-0.15, -0.1) is 0 Å². The molecule has 6 nitrogen and oxygen atoms in total. The number of ether oxygens (including phenoxy) is 1. The Morgan fingerprint density at radius 2 is 1.88 bits per heavy atom. The van der Waals surface area contributed by atoms with Crippen molar-refractivity contribution in [3.8, 4) is 11.4 Å². The van der Waals surface area contributed by atoms with Gasteiger partial charge in [-0.05, 0) is 43.7 Å². The van der Waals surface area contributed by atoms with Crippen LogP contribution in [0.3, 0.4) is 0 Å². The van der Waals surface area contributed by atoms with Crippen LogP contribution in [0.1, 0.15) is 28.0 Å². The van der Waals surface area contributed by atoms with E-state index in [0.29, 0.717) is 12.5 Å². The highest BCUT2D eigenvalue weighted by Gasteiger charge is 2.18. The van der Waals surface area contributed by atoms with Gasteiger partial charge in [0.05, 0.1) is 5.69 Å². The normalized spacial score (nSPS) is 10.8. The number of aliphatic hydroxyl groups is 1. The van der Waals surface area contributed by atoms with Gasteiger partial charge >= 0.3 is 0 Å². The molecule has 1 aromatic heterocycles. The lowest BCUT2D eigenvalue weighted by molar-refractivity contribution is 0.0951.